The van der Waals surface area contributed by atoms with E-state index in [1.807, 2.05) is 0 Å². The molecular formula is C21H33N3O3S. The van der Waals surface area contributed by atoms with Crippen LogP contribution < -0.4 is 9.79 Å². The van der Waals surface area contributed by atoms with Gasteiger partial charge in [0.2, 0.25) is 10.0 Å². The van der Waals surface area contributed by atoms with Gasteiger partial charge < -0.3 is 4.98 Å². The molecule has 0 spiro atoms. The lowest BCUT2D eigenvalue weighted by Gasteiger charge is -2.26. The minimum atomic E-state index is -3.23. The third-order valence-electron chi connectivity index (χ3n) is 5.53. The zero-order valence-electron chi connectivity index (χ0n) is 17.1. The zero-order valence-corrected chi connectivity index (χ0v) is 17.9. The van der Waals surface area contributed by atoms with Crippen LogP contribution in [0.25, 0.3) is 10.9 Å². The van der Waals surface area contributed by atoms with Crippen LogP contribution in [0.4, 0.5) is 5.69 Å². The van der Waals surface area contributed by atoms with Crippen molar-refractivity contribution in [1.82, 2.24) is 9.71 Å². The van der Waals surface area contributed by atoms with Crippen molar-refractivity contribution in [2.24, 2.45) is 0 Å². The van der Waals surface area contributed by atoms with Crippen LogP contribution in [0, 0.1) is 0 Å². The lowest BCUT2D eigenvalue weighted by atomic mass is 9.91. The summed E-state index contributed by atoms with van der Waals surface area (Å²) in [5, 5.41) is 3.11. The van der Waals surface area contributed by atoms with Gasteiger partial charge in [-0.2, -0.15) is 0 Å². The molecule has 1 aromatic carbocycles. The van der Waals surface area contributed by atoms with Crippen LogP contribution in [0.15, 0.2) is 18.3 Å². The van der Waals surface area contributed by atoms with Crippen molar-refractivity contribution in [3.8, 4) is 0 Å². The summed E-state index contributed by atoms with van der Waals surface area (Å²) in [5.41, 5.74) is 4.85. The average molecular weight is 408 g/mol. The van der Waals surface area contributed by atoms with Crippen molar-refractivity contribution < 1.29 is 13.3 Å². The number of aromatic amines is 1. The molecule has 2 N–H and O–H groups in total. The third kappa shape index (κ3) is 5.07. The molecule has 156 valence electrons. The minimum Gasteiger partial charge on any atom is -0.361 e. The molecule has 0 bridgehead atoms. The molecule has 0 saturated carbocycles. The third-order valence-corrected chi connectivity index (χ3v) is 7.00. The van der Waals surface area contributed by atoms with E-state index in [4.69, 9.17) is 4.84 Å². The van der Waals surface area contributed by atoms with Gasteiger partial charge in [0.1, 0.15) is 0 Å². The van der Waals surface area contributed by atoms with Crippen LogP contribution in [0.2, 0.25) is 0 Å². The Morgan fingerprint density at radius 2 is 2.00 bits per heavy atom. The minimum absolute atomic E-state index is 0.202. The highest BCUT2D eigenvalue weighted by Crippen LogP contribution is 2.36. The van der Waals surface area contributed by atoms with Gasteiger partial charge in [-0.25, -0.2) is 13.1 Å². The van der Waals surface area contributed by atoms with Crippen LogP contribution in [-0.4, -0.2) is 39.4 Å². The van der Waals surface area contributed by atoms with Crippen LogP contribution in [0.5, 0.6) is 0 Å². The summed E-state index contributed by atoms with van der Waals surface area (Å²) in [6.07, 6.45) is 10.5. The van der Waals surface area contributed by atoms with Gasteiger partial charge in [0.25, 0.3) is 0 Å². The summed E-state index contributed by atoms with van der Waals surface area (Å²) in [6.45, 7) is 2.97. The van der Waals surface area contributed by atoms with Crippen molar-refractivity contribution in [2.75, 3.05) is 31.0 Å². The van der Waals surface area contributed by atoms with Crippen LogP contribution in [0.3, 0.4) is 0 Å². The molecule has 1 aliphatic rings. The van der Waals surface area contributed by atoms with Gasteiger partial charge in [0.05, 0.1) is 25.1 Å². The fourth-order valence-electron chi connectivity index (χ4n) is 4.08. The Labute approximate surface area is 168 Å². The largest absolute Gasteiger partial charge is 0.361 e. The Kier molecular flexibility index (Phi) is 7.37. The summed E-state index contributed by atoms with van der Waals surface area (Å²) < 4.78 is 27.1. The van der Waals surface area contributed by atoms with E-state index in [0.717, 1.165) is 56.1 Å². The number of sulfonamides is 1. The van der Waals surface area contributed by atoms with E-state index in [1.54, 1.807) is 12.2 Å². The maximum Gasteiger partial charge on any atom is 0.211 e. The van der Waals surface area contributed by atoms with E-state index in [9.17, 15) is 8.42 Å². The predicted molar refractivity (Wildman–Crippen MR) is 115 cm³/mol. The Hall–Kier alpha value is -1.57. The Morgan fingerprint density at radius 1 is 1.18 bits per heavy atom. The molecule has 0 atom stereocenters. The molecule has 1 aromatic heterocycles. The monoisotopic (exact) mass is 407 g/mol. The summed E-state index contributed by atoms with van der Waals surface area (Å²) in [7, 11) is -1.59. The molecule has 0 aliphatic heterocycles. The zero-order chi connectivity index (χ0) is 20.0. The van der Waals surface area contributed by atoms with Crippen molar-refractivity contribution in [1.29, 1.82) is 0 Å². The normalized spacial score (nSPS) is 13.9. The Bertz CT molecular complexity index is 876. The molecule has 0 radical (unpaired) electrons. The first-order valence-corrected chi connectivity index (χ1v) is 12.1. The molecule has 6 nitrogen and oxygen atoms in total. The number of hydroxylamine groups is 1. The predicted octanol–water partition coefficient (Wildman–Crippen LogP) is 3.91. The first kappa shape index (κ1) is 21.1. The highest BCUT2D eigenvalue weighted by Gasteiger charge is 2.20. The molecule has 1 aliphatic carbocycles. The van der Waals surface area contributed by atoms with E-state index in [-0.39, 0.29) is 5.75 Å². The lowest BCUT2D eigenvalue weighted by molar-refractivity contribution is 0.168. The summed E-state index contributed by atoms with van der Waals surface area (Å²) in [6, 6.07) is 4.14. The number of unbranched alkanes of at least 4 members (excludes halogenated alkanes) is 4. The van der Waals surface area contributed by atoms with Crippen LogP contribution in [0.1, 0.15) is 56.6 Å². The van der Waals surface area contributed by atoms with Gasteiger partial charge in [-0.15, -0.1) is 0 Å². The van der Waals surface area contributed by atoms with Gasteiger partial charge in [0.15, 0.2) is 0 Å². The first-order chi connectivity index (χ1) is 13.6. The number of nitrogens with zero attached hydrogens (tertiary/aromatic N) is 1. The number of nitrogens with one attached hydrogen (secondary N) is 2. The van der Waals surface area contributed by atoms with E-state index in [1.165, 1.54) is 22.9 Å². The second kappa shape index (κ2) is 9.76. The average Bonchev–Trinajstić information content (AvgIpc) is 3.11. The van der Waals surface area contributed by atoms with Crippen LogP contribution >= 0.6 is 0 Å². The van der Waals surface area contributed by atoms with Gasteiger partial charge >= 0.3 is 0 Å². The molecule has 0 unspecified atom stereocenters. The molecular weight excluding hydrogens is 374 g/mol. The highest BCUT2D eigenvalue weighted by molar-refractivity contribution is 7.89. The second-order valence-electron chi connectivity index (χ2n) is 7.57. The highest BCUT2D eigenvalue weighted by atomic mass is 32.2. The summed E-state index contributed by atoms with van der Waals surface area (Å²) >= 11 is 0. The number of anilines is 1. The molecule has 0 amide bonds. The quantitative estimate of drug-likeness (QED) is 0.413. The number of hydrogen-bond acceptors (Lipinski definition) is 4. The maximum absolute atomic E-state index is 12.2. The molecule has 0 fully saturated rings. The van der Waals surface area contributed by atoms with Gasteiger partial charge in [-0.05, 0) is 48.9 Å². The molecule has 0 saturated heterocycles. The summed E-state index contributed by atoms with van der Waals surface area (Å²) in [5.74, 6) is 0.202. The fourth-order valence-corrected chi connectivity index (χ4v) is 5.21. The number of benzene rings is 1. The molecule has 7 heteroatoms. The van der Waals surface area contributed by atoms with Crippen molar-refractivity contribution in [3.63, 3.8) is 0 Å². The van der Waals surface area contributed by atoms with Gasteiger partial charge in [0, 0.05) is 23.6 Å². The maximum atomic E-state index is 12.2. The number of aromatic nitrogens is 1. The van der Waals surface area contributed by atoms with Crippen LogP contribution in [-0.2, 0) is 27.7 Å². The smallest absolute Gasteiger partial charge is 0.211 e. The van der Waals surface area contributed by atoms with E-state index in [2.05, 4.69) is 35.0 Å². The standard InChI is InChI=1S/C21H33N3O3S/c1-3-4-5-6-7-15-28(25,26)23-13-14-24(27-2)20-12-11-19-21-17(16-22-19)9-8-10-18(20)21/h11-12,16,22-23H,3-10,13-15H2,1-2H3. The number of rotatable bonds is 12. The van der Waals surface area contributed by atoms with E-state index < -0.39 is 10.0 Å². The fraction of sp³-hybridized carbons (Fsp3) is 0.619. The molecule has 2 aromatic rings. The molecule has 1 heterocycles. The second-order valence-corrected chi connectivity index (χ2v) is 9.49. The van der Waals surface area contributed by atoms with Gasteiger partial charge in [-0.3, -0.25) is 9.90 Å². The summed E-state index contributed by atoms with van der Waals surface area (Å²) in [4.78, 5) is 8.95. The topological polar surface area (TPSA) is 74.4 Å². The van der Waals surface area contributed by atoms with E-state index in [0.29, 0.717) is 13.1 Å². The SMILES string of the molecule is CCCCCCCS(=O)(=O)NCCN(OC)c1ccc2[nH]cc3c2c1CCC3. The number of aryl methyl sites for hydroxylation is 2. The van der Waals surface area contributed by atoms with Crippen molar-refractivity contribution in [3.05, 3.63) is 29.5 Å². The Morgan fingerprint density at radius 3 is 2.79 bits per heavy atom. The lowest BCUT2D eigenvalue weighted by Crippen LogP contribution is -2.36. The van der Waals surface area contributed by atoms with Crippen molar-refractivity contribution in [2.45, 2.75) is 58.3 Å². The number of hydrogen-bond donors (Lipinski definition) is 2. The number of H-pyrrole nitrogens is 1. The molecule has 3 rings (SSSR count). The molecule has 28 heavy (non-hydrogen) atoms. The van der Waals surface area contributed by atoms with Gasteiger partial charge in [-0.1, -0.05) is 32.6 Å². The van der Waals surface area contributed by atoms with Crippen molar-refractivity contribution >= 4 is 26.6 Å². The first-order valence-electron chi connectivity index (χ1n) is 10.5. The van der Waals surface area contributed by atoms with E-state index >= 15 is 0 Å². The Balaban J connectivity index is 1.58.